The summed E-state index contributed by atoms with van der Waals surface area (Å²) in [5.74, 6) is 2.88. The van der Waals surface area contributed by atoms with E-state index in [1.807, 2.05) is 0 Å². The zero-order valence-electron chi connectivity index (χ0n) is 13.2. The standard InChI is InChI=1S/C18H30N2O/c19-15-4-2-1-3-5-16(15)20-17(21)18-9-12-6-13(10-18)8-14(7-12)11-18/h12-16H,1-11,19H2,(H,20,21). The van der Waals surface area contributed by atoms with Crippen molar-refractivity contribution >= 4 is 5.91 Å². The molecule has 0 spiro atoms. The molecule has 3 N–H and O–H groups in total. The first kappa shape index (κ1) is 14.0. The first-order valence-corrected chi connectivity index (χ1v) is 9.21. The number of carbonyl (C=O) groups excluding carboxylic acids is 1. The molecule has 2 unspecified atom stereocenters. The van der Waals surface area contributed by atoms with E-state index in [4.69, 9.17) is 5.73 Å². The summed E-state index contributed by atoms with van der Waals surface area (Å²) in [6.07, 6.45) is 13.6. The van der Waals surface area contributed by atoms with Crippen molar-refractivity contribution in [1.29, 1.82) is 0 Å². The average molecular weight is 290 g/mol. The predicted molar refractivity (Wildman–Crippen MR) is 83.6 cm³/mol. The third kappa shape index (κ3) is 2.52. The summed E-state index contributed by atoms with van der Waals surface area (Å²) in [4.78, 5) is 13.1. The lowest BCUT2D eigenvalue weighted by molar-refractivity contribution is -0.147. The molecule has 0 aromatic rings. The number of rotatable bonds is 2. The Morgan fingerprint density at radius 1 is 0.905 bits per heavy atom. The molecular formula is C18H30N2O. The van der Waals surface area contributed by atoms with Gasteiger partial charge in [-0.3, -0.25) is 4.79 Å². The van der Waals surface area contributed by atoms with Gasteiger partial charge in [0.2, 0.25) is 5.91 Å². The number of hydrogen-bond donors (Lipinski definition) is 2. The summed E-state index contributed by atoms with van der Waals surface area (Å²) in [5, 5.41) is 3.40. The van der Waals surface area contributed by atoms with Crippen LogP contribution in [-0.4, -0.2) is 18.0 Å². The van der Waals surface area contributed by atoms with Crippen LogP contribution in [0.2, 0.25) is 0 Å². The van der Waals surface area contributed by atoms with Crippen LogP contribution in [0.3, 0.4) is 0 Å². The highest BCUT2D eigenvalue weighted by molar-refractivity contribution is 5.83. The van der Waals surface area contributed by atoms with E-state index in [0.29, 0.717) is 5.91 Å². The molecule has 118 valence electrons. The fraction of sp³-hybridized carbons (Fsp3) is 0.944. The smallest absolute Gasteiger partial charge is 0.226 e. The Bertz CT molecular complexity index is 384. The molecule has 5 aliphatic rings. The number of hydrogen-bond acceptors (Lipinski definition) is 2. The van der Waals surface area contributed by atoms with Crippen LogP contribution in [0, 0.1) is 23.2 Å². The Morgan fingerprint density at radius 2 is 1.48 bits per heavy atom. The highest BCUT2D eigenvalue weighted by Crippen LogP contribution is 2.60. The van der Waals surface area contributed by atoms with Crippen LogP contribution in [0.25, 0.3) is 0 Å². The molecule has 5 fully saturated rings. The largest absolute Gasteiger partial charge is 0.351 e. The highest BCUT2D eigenvalue weighted by atomic mass is 16.2. The number of amides is 1. The molecule has 0 aromatic carbocycles. The molecule has 0 radical (unpaired) electrons. The van der Waals surface area contributed by atoms with Gasteiger partial charge < -0.3 is 11.1 Å². The quantitative estimate of drug-likeness (QED) is 0.768. The van der Waals surface area contributed by atoms with Gasteiger partial charge in [0.1, 0.15) is 0 Å². The van der Waals surface area contributed by atoms with Crippen molar-refractivity contribution in [2.45, 2.75) is 82.7 Å². The minimum atomic E-state index is -0.0131. The normalized spacial score (nSPS) is 48.9. The predicted octanol–water partition coefficient (Wildman–Crippen LogP) is 2.98. The molecule has 0 aromatic heterocycles. The van der Waals surface area contributed by atoms with Crippen molar-refractivity contribution in [3.05, 3.63) is 0 Å². The summed E-state index contributed by atoms with van der Waals surface area (Å²) in [5.41, 5.74) is 6.29. The zero-order chi connectivity index (χ0) is 14.4. The molecule has 0 aliphatic heterocycles. The van der Waals surface area contributed by atoms with Crippen LogP contribution in [0.4, 0.5) is 0 Å². The van der Waals surface area contributed by atoms with Gasteiger partial charge in [0.05, 0.1) is 0 Å². The third-order valence-electron chi connectivity index (χ3n) is 6.91. The molecule has 1 amide bonds. The van der Waals surface area contributed by atoms with Gasteiger partial charge in [-0.1, -0.05) is 19.3 Å². The summed E-state index contributed by atoms with van der Waals surface area (Å²) < 4.78 is 0. The van der Waals surface area contributed by atoms with Gasteiger partial charge in [0, 0.05) is 17.5 Å². The van der Waals surface area contributed by atoms with Crippen LogP contribution in [0.1, 0.15) is 70.6 Å². The Morgan fingerprint density at radius 3 is 2.10 bits per heavy atom. The van der Waals surface area contributed by atoms with E-state index in [0.717, 1.165) is 49.9 Å². The van der Waals surface area contributed by atoms with E-state index in [9.17, 15) is 4.79 Å². The fourth-order valence-corrected chi connectivity index (χ4v) is 6.23. The molecule has 5 aliphatic carbocycles. The topological polar surface area (TPSA) is 55.1 Å². The lowest BCUT2D eigenvalue weighted by atomic mass is 9.49. The first-order valence-electron chi connectivity index (χ1n) is 9.21. The molecule has 3 heteroatoms. The Labute approximate surface area is 128 Å². The monoisotopic (exact) mass is 290 g/mol. The van der Waals surface area contributed by atoms with Crippen molar-refractivity contribution < 1.29 is 4.79 Å². The number of carbonyl (C=O) groups is 1. The van der Waals surface area contributed by atoms with E-state index in [1.165, 1.54) is 38.5 Å². The Hall–Kier alpha value is -0.570. The molecule has 5 rings (SSSR count). The molecule has 3 nitrogen and oxygen atoms in total. The second-order valence-electron chi connectivity index (χ2n) is 8.58. The second-order valence-corrected chi connectivity index (χ2v) is 8.58. The molecule has 4 bridgehead atoms. The zero-order valence-corrected chi connectivity index (χ0v) is 13.2. The maximum atomic E-state index is 13.1. The molecule has 0 saturated heterocycles. The van der Waals surface area contributed by atoms with Crippen molar-refractivity contribution in [1.82, 2.24) is 5.32 Å². The molecule has 2 atom stereocenters. The van der Waals surface area contributed by atoms with Gasteiger partial charge in [-0.25, -0.2) is 0 Å². The van der Waals surface area contributed by atoms with Crippen LogP contribution in [0.15, 0.2) is 0 Å². The highest BCUT2D eigenvalue weighted by Gasteiger charge is 2.54. The van der Waals surface area contributed by atoms with Crippen LogP contribution < -0.4 is 11.1 Å². The van der Waals surface area contributed by atoms with Crippen LogP contribution >= 0.6 is 0 Å². The van der Waals surface area contributed by atoms with Gasteiger partial charge in [-0.2, -0.15) is 0 Å². The number of nitrogens with one attached hydrogen (secondary N) is 1. The SMILES string of the molecule is NC1CCCCCC1NC(=O)C12CC3CC(CC(C3)C1)C2. The van der Waals surface area contributed by atoms with E-state index in [1.54, 1.807) is 0 Å². The second kappa shape index (κ2) is 5.26. The molecule has 0 heterocycles. The average Bonchev–Trinajstić information content (AvgIpc) is 2.62. The van der Waals surface area contributed by atoms with Crippen molar-refractivity contribution in [3.63, 3.8) is 0 Å². The first-order chi connectivity index (χ1) is 10.1. The van der Waals surface area contributed by atoms with E-state index >= 15 is 0 Å². The van der Waals surface area contributed by atoms with Gasteiger partial charge >= 0.3 is 0 Å². The number of nitrogens with two attached hydrogens (primary N) is 1. The van der Waals surface area contributed by atoms with Gasteiger partial charge in [-0.05, 0) is 69.1 Å². The Balaban J connectivity index is 1.47. The van der Waals surface area contributed by atoms with Crippen LogP contribution in [0.5, 0.6) is 0 Å². The summed E-state index contributed by atoms with van der Waals surface area (Å²) in [7, 11) is 0. The van der Waals surface area contributed by atoms with E-state index < -0.39 is 0 Å². The molecule has 21 heavy (non-hydrogen) atoms. The summed E-state index contributed by atoms with van der Waals surface area (Å²) in [6, 6.07) is 0.401. The van der Waals surface area contributed by atoms with E-state index in [2.05, 4.69) is 5.32 Å². The van der Waals surface area contributed by atoms with E-state index in [-0.39, 0.29) is 17.5 Å². The summed E-state index contributed by atoms with van der Waals surface area (Å²) >= 11 is 0. The van der Waals surface area contributed by atoms with Crippen molar-refractivity contribution in [2.75, 3.05) is 0 Å². The lowest BCUT2D eigenvalue weighted by Crippen LogP contribution is -2.57. The fourth-order valence-electron chi connectivity index (χ4n) is 6.23. The van der Waals surface area contributed by atoms with Crippen LogP contribution in [-0.2, 0) is 4.79 Å². The summed E-state index contributed by atoms with van der Waals surface area (Å²) in [6.45, 7) is 0. The van der Waals surface area contributed by atoms with Crippen molar-refractivity contribution in [3.8, 4) is 0 Å². The molecule has 5 saturated carbocycles. The van der Waals surface area contributed by atoms with Gasteiger partial charge in [0.25, 0.3) is 0 Å². The third-order valence-corrected chi connectivity index (χ3v) is 6.91. The maximum absolute atomic E-state index is 13.1. The Kier molecular flexibility index (Phi) is 3.52. The minimum Gasteiger partial charge on any atom is -0.351 e. The molecular weight excluding hydrogens is 260 g/mol. The van der Waals surface area contributed by atoms with Crippen molar-refractivity contribution in [2.24, 2.45) is 28.9 Å². The lowest BCUT2D eigenvalue weighted by Gasteiger charge is -2.56. The minimum absolute atomic E-state index is 0.0131. The van der Waals surface area contributed by atoms with Gasteiger partial charge in [0.15, 0.2) is 0 Å². The maximum Gasteiger partial charge on any atom is 0.226 e. The van der Waals surface area contributed by atoms with Gasteiger partial charge in [-0.15, -0.1) is 0 Å².